The van der Waals surface area contributed by atoms with Crippen LogP contribution in [0.3, 0.4) is 0 Å². The Kier molecular flexibility index (Phi) is 5.03. The van der Waals surface area contributed by atoms with Crippen LogP contribution in [0.1, 0.15) is 37.3 Å². The first kappa shape index (κ1) is 18.8. The third kappa shape index (κ3) is 4.22. The van der Waals surface area contributed by atoms with E-state index in [4.69, 9.17) is 0 Å². The van der Waals surface area contributed by atoms with Crippen molar-refractivity contribution < 1.29 is 13.2 Å². The fraction of sp³-hybridized carbons (Fsp3) is 0.316. The molecule has 0 bridgehead atoms. The van der Waals surface area contributed by atoms with Crippen LogP contribution < -0.4 is 10.0 Å². The van der Waals surface area contributed by atoms with E-state index in [1.165, 1.54) is 11.8 Å². The minimum Gasteiger partial charge on any atom is -0.339 e. The standard InChI is InChI=1S/C19H22N2O3S2/c1-19(2,3)14-7-9-16(10-8-14)26(23,24)21-15-6-4-5-13(11-15)18-20-17(22)12-25-18/h4-11,18,21H,12H2,1-3H3,(H,20,22). The summed E-state index contributed by atoms with van der Waals surface area (Å²) in [5.41, 5.74) is 2.38. The Balaban J connectivity index is 1.80. The predicted octanol–water partition coefficient (Wildman–Crippen LogP) is 3.65. The molecule has 138 valence electrons. The van der Waals surface area contributed by atoms with Gasteiger partial charge in [-0.1, -0.05) is 45.0 Å². The number of thioether (sulfide) groups is 1. The first-order valence-corrected chi connectivity index (χ1v) is 10.8. The van der Waals surface area contributed by atoms with Crippen molar-refractivity contribution in [3.63, 3.8) is 0 Å². The molecule has 26 heavy (non-hydrogen) atoms. The van der Waals surface area contributed by atoms with Crippen LogP contribution in [0.2, 0.25) is 0 Å². The number of carbonyl (C=O) groups excluding carboxylic acids is 1. The van der Waals surface area contributed by atoms with Gasteiger partial charge in [-0.05, 0) is 40.8 Å². The van der Waals surface area contributed by atoms with Crippen LogP contribution in [-0.4, -0.2) is 20.1 Å². The molecule has 2 aromatic carbocycles. The molecule has 1 aliphatic rings. The number of anilines is 1. The molecule has 1 heterocycles. The van der Waals surface area contributed by atoms with Crippen LogP contribution in [-0.2, 0) is 20.2 Å². The second kappa shape index (κ2) is 6.96. The predicted molar refractivity (Wildman–Crippen MR) is 106 cm³/mol. The summed E-state index contributed by atoms with van der Waals surface area (Å²) >= 11 is 1.49. The number of nitrogens with one attached hydrogen (secondary N) is 2. The van der Waals surface area contributed by atoms with Gasteiger partial charge in [0, 0.05) is 5.69 Å². The summed E-state index contributed by atoms with van der Waals surface area (Å²) < 4.78 is 27.9. The van der Waals surface area contributed by atoms with Gasteiger partial charge in [-0.15, -0.1) is 11.8 Å². The van der Waals surface area contributed by atoms with E-state index in [1.54, 1.807) is 30.3 Å². The first-order chi connectivity index (χ1) is 12.1. The molecule has 0 radical (unpaired) electrons. The lowest BCUT2D eigenvalue weighted by atomic mass is 9.87. The molecule has 2 N–H and O–H groups in total. The van der Waals surface area contributed by atoms with Crippen molar-refractivity contribution in [2.24, 2.45) is 0 Å². The van der Waals surface area contributed by atoms with E-state index in [9.17, 15) is 13.2 Å². The maximum Gasteiger partial charge on any atom is 0.261 e. The van der Waals surface area contributed by atoms with E-state index >= 15 is 0 Å². The second-order valence-corrected chi connectivity index (χ2v) is 10.0. The van der Waals surface area contributed by atoms with Crippen LogP contribution in [0.25, 0.3) is 0 Å². The second-order valence-electron chi connectivity index (χ2n) is 7.26. The fourth-order valence-corrected chi connectivity index (χ4v) is 4.69. The SMILES string of the molecule is CC(C)(C)c1ccc(S(=O)(=O)Nc2cccc(C3NC(=O)CS3)c2)cc1. The van der Waals surface area contributed by atoms with Crippen LogP contribution in [0.4, 0.5) is 5.69 Å². The van der Waals surface area contributed by atoms with E-state index in [0.29, 0.717) is 11.4 Å². The number of rotatable bonds is 4. The molecule has 2 aromatic rings. The van der Waals surface area contributed by atoms with Crippen LogP contribution in [0, 0.1) is 0 Å². The smallest absolute Gasteiger partial charge is 0.261 e. The molecule has 1 aliphatic heterocycles. The maximum atomic E-state index is 12.7. The first-order valence-electron chi connectivity index (χ1n) is 8.29. The molecule has 0 saturated carbocycles. The summed E-state index contributed by atoms with van der Waals surface area (Å²) in [6.45, 7) is 6.25. The van der Waals surface area contributed by atoms with Crippen molar-refractivity contribution in [2.75, 3.05) is 10.5 Å². The lowest BCUT2D eigenvalue weighted by Crippen LogP contribution is -2.19. The van der Waals surface area contributed by atoms with Gasteiger partial charge < -0.3 is 5.32 Å². The summed E-state index contributed by atoms with van der Waals surface area (Å²) in [7, 11) is -3.67. The van der Waals surface area contributed by atoms with Crippen molar-refractivity contribution >= 4 is 33.4 Å². The topological polar surface area (TPSA) is 75.3 Å². The Hall–Kier alpha value is -1.99. The number of sulfonamides is 1. The van der Waals surface area contributed by atoms with Gasteiger partial charge in [-0.3, -0.25) is 9.52 Å². The lowest BCUT2D eigenvalue weighted by Gasteiger charge is -2.19. The Labute approximate surface area is 158 Å². The Morgan fingerprint density at radius 3 is 2.38 bits per heavy atom. The maximum absolute atomic E-state index is 12.7. The summed E-state index contributed by atoms with van der Waals surface area (Å²) in [5, 5.41) is 2.72. The third-order valence-electron chi connectivity index (χ3n) is 4.15. The Morgan fingerprint density at radius 1 is 1.12 bits per heavy atom. The normalized spacial score (nSPS) is 17.8. The molecule has 0 aliphatic carbocycles. The van der Waals surface area contributed by atoms with Crippen molar-refractivity contribution in [3.05, 3.63) is 59.7 Å². The van der Waals surface area contributed by atoms with E-state index in [1.807, 2.05) is 18.2 Å². The highest BCUT2D eigenvalue weighted by molar-refractivity contribution is 8.00. The zero-order valence-electron chi connectivity index (χ0n) is 14.9. The molecule has 0 spiro atoms. The Bertz CT molecular complexity index is 917. The highest BCUT2D eigenvalue weighted by Crippen LogP contribution is 2.32. The van der Waals surface area contributed by atoms with Crippen LogP contribution >= 0.6 is 11.8 Å². The molecule has 1 fully saturated rings. The number of benzene rings is 2. The van der Waals surface area contributed by atoms with E-state index in [2.05, 4.69) is 30.8 Å². The van der Waals surface area contributed by atoms with Crippen LogP contribution in [0.5, 0.6) is 0 Å². The summed E-state index contributed by atoms with van der Waals surface area (Å²) in [4.78, 5) is 11.6. The van der Waals surface area contributed by atoms with Gasteiger partial charge in [0.1, 0.15) is 5.37 Å². The van der Waals surface area contributed by atoms with E-state index in [-0.39, 0.29) is 21.6 Å². The van der Waals surface area contributed by atoms with Gasteiger partial charge in [0.25, 0.3) is 10.0 Å². The minimum absolute atomic E-state index is 0.00933. The molecule has 1 atom stereocenters. The van der Waals surface area contributed by atoms with Crippen molar-refractivity contribution in [2.45, 2.75) is 36.5 Å². The van der Waals surface area contributed by atoms with Gasteiger partial charge in [-0.2, -0.15) is 0 Å². The zero-order chi connectivity index (χ0) is 18.9. The Morgan fingerprint density at radius 2 is 1.81 bits per heavy atom. The number of hydrogen-bond acceptors (Lipinski definition) is 4. The molecule has 5 nitrogen and oxygen atoms in total. The van der Waals surface area contributed by atoms with E-state index < -0.39 is 10.0 Å². The van der Waals surface area contributed by atoms with Gasteiger partial charge in [0.15, 0.2) is 0 Å². The molecule has 1 amide bonds. The van der Waals surface area contributed by atoms with Crippen molar-refractivity contribution in [1.29, 1.82) is 0 Å². The van der Waals surface area contributed by atoms with Crippen molar-refractivity contribution in [1.82, 2.24) is 5.32 Å². The third-order valence-corrected chi connectivity index (χ3v) is 6.69. The highest BCUT2D eigenvalue weighted by atomic mass is 32.2. The average molecular weight is 391 g/mol. The quantitative estimate of drug-likeness (QED) is 0.836. The molecule has 1 saturated heterocycles. The molecule has 0 aromatic heterocycles. The molecular formula is C19H22N2O3S2. The van der Waals surface area contributed by atoms with Crippen molar-refractivity contribution in [3.8, 4) is 0 Å². The van der Waals surface area contributed by atoms with Gasteiger partial charge in [0.05, 0.1) is 10.6 Å². The van der Waals surface area contributed by atoms with E-state index in [0.717, 1.165) is 11.1 Å². The van der Waals surface area contributed by atoms with Gasteiger partial charge in [-0.25, -0.2) is 8.42 Å². The zero-order valence-corrected chi connectivity index (χ0v) is 16.6. The highest BCUT2D eigenvalue weighted by Gasteiger charge is 2.23. The van der Waals surface area contributed by atoms with Gasteiger partial charge in [0.2, 0.25) is 5.91 Å². The largest absolute Gasteiger partial charge is 0.339 e. The van der Waals surface area contributed by atoms with Crippen LogP contribution in [0.15, 0.2) is 53.4 Å². The summed E-state index contributed by atoms with van der Waals surface area (Å²) in [6, 6.07) is 14.0. The average Bonchev–Trinajstić information content (AvgIpc) is 3.01. The number of amides is 1. The minimum atomic E-state index is -3.67. The number of hydrogen-bond donors (Lipinski definition) is 2. The monoisotopic (exact) mass is 390 g/mol. The number of carbonyl (C=O) groups is 1. The lowest BCUT2D eigenvalue weighted by molar-refractivity contribution is -0.118. The summed E-state index contributed by atoms with van der Waals surface area (Å²) in [5.74, 6) is 0.408. The molecule has 1 unspecified atom stereocenters. The summed E-state index contributed by atoms with van der Waals surface area (Å²) in [6.07, 6.45) is 0. The molecule has 7 heteroatoms. The fourth-order valence-electron chi connectivity index (χ4n) is 2.68. The molecule has 3 rings (SSSR count). The van der Waals surface area contributed by atoms with Gasteiger partial charge >= 0.3 is 0 Å². The molecular weight excluding hydrogens is 368 g/mol.